The Morgan fingerprint density at radius 1 is 1.26 bits per heavy atom. The Hall–Kier alpha value is -1.64. The summed E-state index contributed by atoms with van der Waals surface area (Å²) < 4.78 is 6.96. The molecule has 0 spiro atoms. The first-order valence-electron chi connectivity index (χ1n) is 6.72. The van der Waals surface area contributed by atoms with Crippen molar-refractivity contribution in [1.82, 2.24) is 10.2 Å². The van der Waals surface area contributed by atoms with E-state index in [-0.39, 0.29) is 5.78 Å². The number of carbonyl (C=O) groups is 1. The lowest BCUT2D eigenvalue weighted by Crippen LogP contribution is -2.01. The third kappa shape index (κ3) is 4.66. The smallest absolute Gasteiger partial charge is 0.206 e. The van der Waals surface area contributed by atoms with Crippen molar-refractivity contribution in [2.45, 2.75) is 10.9 Å². The Labute approximate surface area is 149 Å². The number of aromatic nitrogens is 2. The van der Waals surface area contributed by atoms with E-state index >= 15 is 0 Å². The molecule has 0 aliphatic carbocycles. The Bertz CT molecular complexity index is 772. The molecule has 1 N–H and O–H groups in total. The van der Waals surface area contributed by atoms with Gasteiger partial charge in [-0.2, -0.15) is 0 Å². The van der Waals surface area contributed by atoms with Gasteiger partial charge in [0.1, 0.15) is 5.76 Å². The number of rotatable bonds is 7. The van der Waals surface area contributed by atoms with Gasteiger partial charge in [0, 0.05) is 10.0 Å². The molecule has 3 rings (SSSR count). The maximum absolute atomic E-state index is 12.1. The molecule has 5 nitrogen and oxygen atoms in total. The van der Waals surface area contributed by atoms with Crippen LogP contribution in [-0.2, 0) is 6.54 Å². The zero-order valence-electron chi connectivity index (χ0n) is 11.9. The fourth-order valence-corrected chi connectivity index (χ4v) is 3.67. The summed E-state index contributed by atoms with van der Waals surface area (Å²) in [7, 11) is 0. The first-order chi connectivity index (χ1) is 11.2. The Balaban J connectivity index is 1.50. The van der Waals surface area contributed by atoms with Crippen molar-refractivity contribution in [1.29, 1.82) is 0 Å². The van der Waals surface area contributed by atoms with E-state index in [1.54, 1.807) is 6.26 Å². The molecule has 0 saturated carbocycles. The summed E-state index contributed by atoms with van der Waals surface area (Å²) in [4.78, 5) is 12.1. The standard InChI is InChI=1S/C15H12BrN3O2S2/c16-11-5-3-10(4-6-11)13(20)9-22-15-19-18-14(23-15)17-8-12-2-1-7-21-12/h1-7H,8-9H2,(H,17,18). The molecule has 0 fully saturated rings. The fraction of sp³-hybridized carbons (Fsp3) is 0.133. The number of anilines is 1. The van der Waals surface area contributed by atoms with Crippen molar-refractivity contribution < 1.29 is 9.21 Å². The molecule has 0 atom stereocenters. The monoisotopic (exact) mass is 409 g/mol. The molecule has 0 saturated heterocycles. The number of ketones is 1. The molecule has 0 radical (unpaired) electrons. The van der Waals surface area contributed by atoms with Crippen LogP contribution in [0.1, 0.15) is 16.1 Å². The molecule has 2 heterocycles. The van der Waals surface area contributed by atoms with Gasteiger partial charge in [-0.05, 0) is 24.3 Å². The molecule has 0 aliphatic rings. The molecule has 8 heteroatoms. The van der Waals surface area contributed by atoms with Gasteiger partial charge in [-0.3, -0.25) is 4.79 Å². The van der Waals surface area contributed by atoms with Crippen LogP contribution in [-0.4, -0.2) is 21.7 Å². The number of halogens is 1. The van der Waals surface area contributed by atoms with Gasteiger partial charge in [0.2, 0.25) is 5.13 Å². The highest BCUT2D eigenvalue weighted by Crippen LogP contribution is 2.26. The number of thioether (sulfide) groups is 1. The maximum atomic E-state index is 12.1. The molecule has 23 heavy (non-hydrogen) atoms. The third-order valence-corrected chi connectivity index (χ3v) is 5.44. The predicted molar refractivity (Wildman–Crippen MR) is 95.1 cm³/mol. The van der Waals surface area contributed by atoms with Crippen LogP contribution in [0, 0.1) is 0 Å². The van der Waals surface area contributed by atoms with E-state index in [1.807, 2.05) is 36.4 Å². The van der Waals surface area contributed by atoms with E-state index in [4.69, 9.17) is 4.42 Å². The van der Waals surface area contributed by atoms with Crippen molar-refractivity contribution in [2.24, 2.45) is 0 Å². The van der Waals surface area contributed by atoms with Crippen LogP contribution in [0.15, 0.2) is 55.9 Å². The van der Waals surface area contributed by atoms with Crippen LogP contribution in [0.25, 0.3) is 0 Å². The number of carbonyl (C=O) groups excluding carboxylic acids is 1. The van der Waals surface area contributed by atoms with E-state index < -0.39 is 0 Å². The average Bonchev–Trinajstić information content (AvgIpc) is 3.23. The lowest BCUT2D eigenvalue weighted by atomic mass is 10.2. The van der Waals surface area contributed by atoms with Crippen molar-refractivity contribution in [3.8, 4) is 0 Å². The highest BCUT2D eigenvalue weighted by Gasteiger charge is 2.10. The lowest BCUT2D eigenvalue weighted by Gasteiger charge is -1.99. The average molecular weight is 410 g/mol. The molecule has 3 aromatic rings. The minimum Gasteiger partial charge on any atom is -0.467 e. The first-order valence-corrected chi connectivity index (χ1v) is 9.31. The summed E-state index contributed by atoms with van der Waals surface area (Å²) >= 11 is 6.17. The summed E-state index contributed by atoms with van der Waals surface area (Å²) in [5.74, 6) is 1.25. The van der Waals surface area contributed by atoms with E-state index in [2.05, 4.69) is 31.4 Å². The second-order valence-electron chi connectivity index (χ2n) is 4.52. The van der Waals surface area contributed by atoms with Gasteiger partial charge in [0.05, 0.1) is 18.6 Å². The van der Waals surface area contributed by atoms with Crippen molar-refractivity contribution in [3.05, 3.63) is 58.5 Å². The molecule has 2 aromatic heterocycles. The quantitative estimate of drug-likeness (QED) is 0.458. The summed E-state index contributed by atoms with van der Waals surface area (Å²) in [6.07, 6.45) is 1.63. The van der Waals surface area contributed by atoms with Crippen molar-refractivity contribution in [2.75, 3.05) is 11.1 Å². The van der Waals surface area contributed by atoms with E-state index in [0.717, 1.165) is 14.6 Å². The molecular weight excluding hydrogens is 398 g/mol. The Morgan fingerprint density at radius 3 is 2.83 bits per heavy atom. The first kappa shape index (κ1) is 16.2. The van der Waals surface area contributed by atoms with Gasteiger partial charge in [-0.25, -0.2) is 0 Å². The van der Waals surface area contributed by atoms with Gasteiger partial charge in [-0.1, -0.05) is 51.2 Å². The van der Waals surface area contributed by atoms with Crippen molar-refractivity contribution >= 4 is 49.9 Å². The summed E-state index contributed by atoms with van der Waals surface area (Å²) in [5.41, 5.74) is 0.696. The third-order valence-electron chi connectivity index (χ3n) is 2.89. The van der Waals surface area contributed by atoms with E-state index in [9.17, 15) is 4.79 Å². The summed E-state index contributed by atoms with van der Waals surface area (Å²) in [6, 6.07) is 11.1. The van der Waals surface area contributed by atoms with Gasteiger partial charge < -0.3 is 9.73 Å². The predicted octanol–water partition coefficient (Wildman–Crippen LogP) is 4.48. The number of furan rings is 1. The molecule has 1 aromatic carbocycles. The Morgan fingerprint density at radius 2 is 2.09 bits per heavy atom. The van der Waals surface area contributed by atoms with Crippen LogP contribution in [0.5, 0.6) is 0 Å². The SMILES string of the molecule is O=C(CSc1nnc(NCc2ccco2)s1)c1ccc(Br)cc1. The van der Waals surface area contributed by atoms with Gasteiger partial charge >= 0.3 is 0 Å². The van der Waals surface area contributed by atoms with E-state index in [0.29, 0.717) is 23.0 Å². The highest BCUT2D eigenvalue weighted by molar-refractivity contribution is 9.10. The number of benzene rings is 1. The number of hydrogen-bond acceptors (Lipinski definition) is 7. The molecule has 0 bridgehead atoms. The maximum Gasteiger partial charge on any atom is 0.206 e. The fourth-order valence-electron chi connectivity index (χ4n) is 1.76. The number of hydrogen-bond donors (Lipinski definition) is 1. The number of Topliss-reactive ketones (excluding diaryl/α,β-unsaturated/α-hetero) is 1. The normalized spacial score (nSPS) is 10.7. The minimum atomic E-state index is 0.0720. The topological polar surface area (TPSA) is 68.0 Å². The summed E-state index contributed by atoms with van der Waals surface area (Å²) in [5, 5.41) is 12.0. The van der Waals surface area contributed by atoms with Crippen LogP contribution in [0.2, 0.25) is 0 Å². The highest BCUT2D eigenvalue weighted by atomic mass is 79.9. The van der Waals surface area contributed by atoms with Crippen LogP contribution >= 0.6 is 39.0 Å². The Kier molecular flexibility index (Phi) is 5.47. The number of nitrogens with one attached hydrogen (secondary N) is 1. The lowest BCUT2D eigenvalue weighted by molar-refractivity contribution is 0.102. The molecule has 0 amide bonds. The van der Waals surface area contributed by atoms with Gasteiger partial charge in [0.25, 0.3) is 0 Å². The minimum absolute atomic E-state index is 0.0720. The second kappa shape index (κ2) is 7.76. The summed E-state index contributed by atoms with van der Waals surface area (Å²) in [6.45, 7) is 0.560. The molecule has 0 aliphatic heterocycles. The van der Waals surface area contributed by atoms with Crippen LogP contribution in [0.3, 0.4) is 0 Å². The van der Waals surface area contributed by atoms with E-state index in [1.165, 1.54) is 23.1 Å². The zero-order valence-corrected chi connectivity index (χ0v) is 15.1. The molecule has 0 unspecified atom stereocenters. The second-order valence-corrected chi connectivity index (χ2v) is 7.64. The largest absolute Gasteiger partial charge is 0.467 e. The zero-order chi connectivity index (χ0) is 16.1. The van der Waals surface area contributed by atoms with Crippen LogP contribution < -0.4 is 5.32 Å². The number of nitrogens with zero attached hydrogens (tertiary/aromatic N) is 2. The van der Waals surface area contributed by atoms with Gasteiger partial charge in [-0.15, -0.1) is 10.2 Å². The van der Waals surface area contributed by atoms with Gasteiger partial charge in [0.15, 0.2) is 10.1 Å². The molecular formula is C15H12BrN3O2S2. The molecule has 118 valence electrons. The van der Waals surface area contributed by atoms with Crippen LogP contribution in [0.4, 0.5) is 5.13 Å². The van der Waals surface area contributed by atoms with Crippen molar-refractivity contribution in [3.63, 3.8) is 0 Å².